The third-order valence-electron chi connectivity index (χ3n) is 4.20. The molecule has 0 saturated carbocycles. The van der Waals surface area contributed by atoms with Gasteiger partial charge >= 0.3 is 0 Å². The molecule has 1 aromatic heterocycles. The van der Waals surface area contributed by atoms with Crippen LogP contribution in [0.1, 0.15) is 28.9 Å². The first-order valence-corrected chi connectivity index (χ1v) is 8.96. The highest BCUT2D eigenvalue weighted by Crippen LogP contribution is 2.18. The molecule has 0 unspecified atom stereocenters. The Morgan fingerprint density at radius 1 is 1.26 bits per heavy atom. The van der Waals surface area contributed by atoms with Gasteiger partial charge in [-0.1, -0.05) is 12.1 Å². The highest BCUT2D eigenvalue weighted by molar-refractivity contribution is 5.97. The van der Waals surface area contributed by atoms with Crippen molar-refractivity contribution in [2.24, 2.45) is 0 Å². The van der Waals surface area contributed by atoms with Gasteiger partial charge in [-0.3, -0.25) is 14.6 Å². The lowest BCUT2D eigenvalue weighted by Gasteiger charge is -2.14. The molecule has 3 rings (SSSR count). The topological polar surface area (TPSA) is 89.5 Å². The number of hydrogen-bond donors (Lipinski definition) is 2. The number of hydrogen-bond acceptors (Lipinski definition) is 5. The molecular weight excluding hydrogens is 346 g/mol. The molecule has 0 spiro atoms. The fraction of sp³-hybridized carbons (Fsp3) is 0.350. The Bertz CT molecular complexity index is 786. The van der Waals surface area contributed by atoms with Gasteiger partial charge in [-0.25, -0.2) is 0 Å². The normalized spacial score (nSPS) is 16.0. The zero-order chi connectivity index (χ0) is 19.1. The molecule has 0 aliphatic carbocycles. The van der Waals surface area contributed by atoms with Gasteiger partial charge < -0.3 is 20.1 Å². The van der Waals surface area contributed by atoms with E-state index in [9.17, 15) is 9.59 Å². The number of benzene rings is 1. The fourth-order valence-electron chi connectivity index (χ4n) is 2.77. The zero-order valence-electron chi connectivity index (χ0n) is 15.2. The van der Waals surface area contributed by atoms with E-state index >= 15 is 0 Å². The molecule has 1 saturated heterocycles. The van der Waals surface area contributed by atoms with Gasteiger partial charge in [0.2, 0.25) is 0 Å². The van der Waals surface area contributed by atoms with Crippen LogP contribution in [0.5, 0.6) is 5.75 Å². The summed E-state index contributed by atoms with van der Waals surface area (Å²) < 4.78 is 11.1. The summed E-state index contributed by atoms with van der Waals surface area (Å²) in [6.07, 6.45) is 3.62. The number of nitrogens with zero attached hydrogens (tertiary/aromatic N) is 1. The van der Waals surface area contributed by atoms with Crippen LogP contribution in [0, 0.1) is 6.92 Å². The van der Waals surface area contributed by atoms with Crippen molar-refractivity contribution in [1.82, 2.24) is 10.3 Å². The van der Waals surface area contributed by atoms with Crippen molar-refractivity contribution < 1.29 is 19.1 Å². The lowest BCUT2D eigenvalue weighted by molar-refractivity contribution is -0.118. The number of amides is 2. The molecule has 2 heterocycles. The van der Waals surface area contributed by atoms with Crippen molar-refractivity contribution >= 4 is 17.5 Å². The maximum Gasteiger partial charge on any atom is 0.262 e. The summed E-state index contributed by atoms with van der Waals surface area (Å²) in [6.45, 7) is 2.87. The summed E-state index contributed by atoms with van der Waals surface area (Å²) in [5, 5.41) is 5.57. The van der Waals surface area contributed by atoms with Crippen LogP contribution in [0.2, 0.25) is 0 Å². The van der Waals surface area contributed by atoms with Gasteiger partial charge in [0.1, 0.15) is 5.75 Å². The van der Waals surface area contributed by atoms with Gasteiger partial charge in [0, 0.05) is 18.8 Å². The lowest BCUT2D eigenvalue weighted by atomic mass is 10.1. The highest BCUT2D eigenvalue weighted by Gasteiger charge is 2.18. The molecule has 27 heavy (non-hydrogen) atoms. The third-order valence-corrected chi connectivity index (χ3v) is 4.20. The number of rotatable bonds is 7. The van der Waals surface area contributed by atoms with Gasteiger partial charge in [-0.2, -0.15) is 0 Å². The van der Waals surface area contributed by atoms with Crippen molar-refractivity contribution in [2.45, 2.75) is 25.9 Å². The van der Waals surface area contributed by atoms with E-state index in [1.807, 2.05) is 13.0 Å². The Labute approximate surface area is 158 Å². The second kappa shape index (κ2) is 9.14. The Balaban J connectivity index is 1.54. The summed E-state index contributed by atoms with van der Waals surface area (Å²) in [5.41, 5.74) is 1.85. The molecule has 2 N–H and O–H groups in total. The molecule has 2 amide bonds. The largest absolute Gasteiger partial charge is 0.483 e. The van der Waals surface area contributed by atoms with Gasteiger partial charge in [-0.05, 0) is 44.0 Å². The van der Waals surface area contributed by atoms with Crippen LogP contribution in [0.25, 0.3) is 0 Å². The van der Waals surface area contributed by atoms with Crippen LogP contribution in [-0.2, 0) is 9.53 Å². The summed E-state index contributed by atoms with van der Waals surface area (Å²) in [6, 6.07) is 10.4. The average molecular weight is 369 g/mol. The second-order valence-electron chi connectivity index (χ2n) is 6.37. The van der Waals surface area contributed by atoms with Crippen LogP contribution in [0.15, 0.2) is 42.6 Å². The smallest absolute Gasteiger partial charge is 0.262 e. The predicted octanol–water partition coefficient (Wildman–Crippen LogP) is 2.32. The van der Waals surface area contributed by atoms with E-state index in [-0.39, 0.29) is 24.5 Å². The summed E-state index contributed by atoms with van der Waals surface area (Å²) >= 11 is 0. The summed E-state index contributed by atoms with van der Waals surface area (Å²) in [5.74, 6) is -0.209. The molecule has 1 atom stereocenters. The minimum Gasteiger partial charge on any atom is -0.483 e. The van der Waals surface area contributed by atoms with Crippen molar-refractivity contribution in [3.8, 4) is 5.75 Å². The number of nitrogens with one attached hydrogen (secondary N) is 2. The number of aromatic nitrogens is 1. The van der Waals surface area contributed by atoms with E-state index in [1.165, 1.54) is 0 Å². The van der Waals surface area contributed by atoms with Crippen LogP contribution >= 0.6 is 0 Å². The van der Waals surface area contributed by atoms with E-state index in [0.717, 1.165) is 25.1 Å². The summed E-state index contributed by atoms with van der Waals surface area (Å²) in [4.78, 5) is 28.6. The van der Waals surface area contributed by atoms with Crippen molar-refractivity contribution in [1.29, 1.82) is 0 Å². The minimum atomic E-state index is -0.324. The SMILES string of the molecule is Cc1ccc(NC(=O)COc2ccccc2C(=O)NC[C@H]2CCCO2)cn1. The number of ether oxygens (including phenoxy) is 2. The van der Waals surface area contributed by atoms with E-state index in [0.29, 0.717) is 23.5 Å². The molecule has 7 nitrogen and oxygen atoms in total. The molecule has 1 fully saturated rings. The Kier molecular flexibility index (Phi) is 6.38. The second-order valence-corrected chi connectivity index (χ2v) is 6.37. The molecule has 0 bridgehead atoms. The molecule has 7 heteroatoms. The highest BCUT2D eigenvalue weighted by atomic mass is 16.5. The maximum absolute atomic E-state index is 12.4. The maximum atomic E-state index is 12.4. The quantitative estimate of drug-likeness (QED) is 0.782. The molecule has 0 radical (unpaired) electrons. The van der Waals surface area contributed by atoms with E-state index in [4.69, 9.17) is 9.47 Å². The van der Waals surface area contributed by atoms with Crippen molar-refractivity contribution in [3.05, 3.63) is 53.9 Å². The number of carbonyl (C=O) groups excluding carboxylic acids is 2. The molecule has 1 aliphatic heterocycles. The van der Waals surface area contributed by atoms with E-state index in [2.05, 4.69) is 15.6 Å². The Hall–Kier alpha value is -2.93. The number of aryl methyl sites for hydroxylation is 1. The van der Waals surface area contributed by atoms with Crippen molar-refractivity contribution in [3.63, 3.8) is 0 Å². The fourth-order valence-corrected chi connectivity index (χ4v) is 2.77. The first kappa shape index (κ1) is 18.8. The number of carbonyl (C=O) groups is 2. The third kappa shape index (κ3) is 5.52. The van der Waals surface area contributed by atoms with Crippen LogP contribution in [-0.4, -0.2) is 42.7 Å². The molecular formula is C20H23N3O4. The minimum absolute atomic E-state index is 0.0657. The Morgan fingerprint density at radius 2 is 2.11 bits per heavy atom. The summed E-state index contributed by atoms with van der Waals surface area (Å²) in [7, 11) is 0. The Morgan fingerprint density at radius 3 is 2.85 bits per heavy atom. The average Bonchev–Trinajstić information content (AvgIpc) is 3.20. The molecule has 1 aromatic carbocycles. The van der Waals surface area contributed by atoms with Crippen LogP contribution < -0.4 is 15.4 Å². The predicted molar refractivity (Wildman–Crippen MR) is 101 cm³/mol. The molecule has 1 aliphatic rings. The number of anilines is 1. The van der Waals surface area contributed by atoms with Crippen molar-refractivity contribution in [2.75, 3.05) is 25.1 Å². The lowest BCUT2D eigenvalue weighted by Crippen LogP contribution is -2.32. The first-order valence-electron chi connectivity index (χ1n) is 8.96. The van der Waals surface area contributed by atoms with E-state index in [1.54, 1.807) is 36.5 Å². The van der Waals surface area contributed by atoms with Gasteiger partial charge in [-0.15, -0.1) is 0 Å². The first-order chi connectivity index (χ1) is 13.1. The zero-order valence-corrected chi connectivity index (χ0v) is 15.2. The van der Waals surface area contributed by atoms with Gasteiger partial charge in [0.15, 0.2) is 6.61 Å². The standard InChI is InChI=1S/C20H23N3O4/c1-14-8-9-15(11-21-14)23-19(24)13-27-18-7-3-2-6-17(18)20(25)22-12-16-5-4-10-26-16/h2-3,6-9,11,16H,4-5,10,12-13H2,1H3,(H,22,25)(H,23,24)/t16-/m1/s1. The van der Waals surface area contributed by atoms with Crippen LogP contribution in [0.4, 0.5) is 5.69 Å². The van der Waals surface area contributed by atoms with Gasteiger partial charge in [0.25, 0.3) is 11.8 Å². The number of pyridine rings is 1. The van der Waals surface area contributed by atoms with E-state index < -0.39 is 0 Å². The molecule has 142 valence electrons. The van der Waals surface area contributed by atoms with Crippen LogP contribution in [0.3, 0.4) is 0 Å². The molecule has 2 aromatic rings. The van der Waals surface area contributed by atoms with Gasteiger partial charge in [0.05, 0.1) is 23.6 Å². The number of para-hydroxylation sites is 1. The monoisotopic (exact) mass is 369 g/mol.